The molecule has 0 bridgehead atoms. The minimum Gasteiger partial charge on any atom is -0.439 e. The molecule has 0 saturated heterocycles. The summed E-state index contributed by atoms with van der Waals surface area (Å²) in [5.41, 5.74) is 2.03. The zero-order chi connectivity index (χ0) is 14.5. The van der Waals surface area contributed by atoms with Crippen LogP contribution in [0, 0.1) is 12.7 Å². The molecule has 1 heterocycles. The average molecular weight is 274 g/mol. The van der Waals surface area contributed by atoms with Gasteiger partial charge in [-0.2, -0.15) is 0 Å². The van der Waals surface area contributed by atoms with Gasteiger partial charge >= 0.3 is 0 Å². The third-order valence-electron chi connectivity index (χ3n) is 2.81. The first kappa shape index (κ1) is 14.5. The van der Waals surface area contributed by atoms with Crippen LogP contribution in [0.1, 0.15) is 25.0 Å². The Morgan fingerprint density at radius 1 is 1.30 bits per heavy atom. The smallest absolute Gasteiger partial charge is 0.222 e. The predicted molar refractivity (Wildman–Crippen MR) is 77.4 cm³/mol. The van der Waals surface area contributed by atoms with Crippen LogP contribution in [0.5, 0.6) is 11.6 Å². The van der Waals surface area contributed by atoms with Crippen molar-refractivity contribution in [1.82, 2.24) is 10.3 Å². The molecule has 0 aliphatic rings. The molecular formula is C16H19FN2O. The number of aryl methyl sites for hydroxylation is 1. The van der Waals surface area contributed by atoms with Gasteiger partial charge in [-0.25, -0.2) is 9.37 Å². The lowest BCUT2D eigenvalue weighted by atomic mass is 10.2. The molecule has 0 aliphatic carbocycles. The molecule has 1 N–H and O–H groups in total. The fourth-order valence-electron chi connectivity index (χ4n) is 1.79. The number of rotatable bonds is 5. The highest BCUT2D eigenvalue weighted by atomic mass is 19.1. The van der Waals surface area contributed by atoms with E-state index in [4.69, 9.17) is 4.74 Å². The summed E-state index contributed by atoms with van der Waals surface area (Å²) in [6, 6.07) is 8.50. The number of hydrogen-bond donors (Lipinski definition) is 1. The van der Waals surface area contributed by atoms with Gasteiger partial charge in [0.1, 0.15) is 11.6 Å². The maximum Gasteiger partial charge on any atom is 0.222 e. The van der Waals surface area contributed by atoms with Gasteiger partial charge in [-0.3, -0.25) is 0 Å². The summed E-state index contributed by atoms with van der Waals surface area (Å²) < 4.78 is 18.7. The van der Waals surface area contributed by atoms with Gasteiger partial charge in [0.2, 0.25) is 5.88 Å². The third-order valence-corrected chi connectivity index (χ3v) is 2.81. The Morgan fingerprint density at radius 3 is 2.75 bits per heavy atom. The van der Waals surface area contributed by atoms with Gasteiger partial charge in [-0.1, -0.05) is 19.9 Å². The molecule has 0 saturated carbocycles. The van der Waals surface area contributed by atoms with E-state index in [2.05, 4.69) is 24.1 Å². The first-order valence-corrected chi connectivity index (χ1v) is 6.67. The molecule has 0 atom stereocenters. The summed E-state index contributed by atoms with van der Waals surface area (Å²) in [4.78, 5) is 4.30. The van der Waals surface area contributed by atoms with Crippen LogP contribution in [0.2, 0.25) is 0 Å². The van der Waals surface area contributed by atoms with Crippen molar-refractivity contribution in [3.05, 3.63) is 53.5 Å². The first-order chi connectivity index (χ1) is 9.54. The van der Waals surface area contributed by atoms with E-state index in [1.54, 1.807) is 18.3 Å². The van der Waals surface area contributed by atoms with E-state index in [1.165, 1.54) is 12.1 Å². The van der Waals surface area contributed by atoms with E-state index in [0.717, 1.165) is 17.7 Å². The van der Waals surface area contributed by atoms with Crippen molar-refractivity contribution in [3.8, 4) is 11.6 Å². The minimum atomic E-state index is -0.321. The van der Waals surface area contributed by atoms with Crippen LogP contribution < -0.4 is 10.1 Å². The lowest BCUT2D eigenvalue weighted by Crippen LogP contribution is -2.21. The van der Waals surface area contributed by atoms with Crippen molar-refractivity contribution in [2.45, 2.75) is 33.4 Å². The van der Waals surface area contributed by atoms with Crippen LogP contribution in [0.15, 0.2) is 36.5 Å². The van der Waals surface area contributed by atoms with Gasteiger partial charge < -0.3 is 10.1 Å². The molecule has 1 aromatic carbocycles. The molecule has 3 nitrogen and oxygen atoms in total. The second-order valence-electron chi connectivity index (χ2n) is 5.06. The van der Waals surface area contributed by atoms with Crippen LogP contribution >= 0.6 is 0 Å². The molecule has 0 fully saturated rings. The second-order valence-corrected chi connectivity index (χ2v) is 5.06. The second kappa shape index (κ2) is 6.48. The SMILES string of the molecule is Cc1cc(CNC(C)C)cnc1Oc1cccc(F)c1. The van der Waals surface area contributed by atoms with Gasteiger partial charge in [-0.05, 0) is 30.7 Å². The van der Waals surface area contributed by atoms with Gasteiger partial charge in [-0.15, -0.1) is 0 Å². The Hall–Kier alpha value is -1.94. The standard InChI is InChI=1S/C16H19FN2O/c1-11(2)18-9-13-7-12(3)16(19-10-13)20-15-6-4-5-14(17)8-15/h4-8,10-11,18H,9H2,1-3H3. The summed E-state index contributed by atoms with van der Waals surface area (Å²) in [5.74, 6) is 0.635. The Bertz CT molecular complexity index is 584. The van der Waals surface area contributed by atoms with Crippen LogP contribution in [-0.4, -0.2) is 11.0 Å². The normalized spacial score (nSPS) is 10.8. The van der Waals surface area contributed by atoms with E-state index < -0.39 is 0 Å². The summed E-state index contributed by atoms with van der Waals surface area (Å²) in [7, 11) is 0. The van der Waals surface area contributed by atoms with Crippen LogP contribution in [-0.2, 0) is 6.54 Å². The molecule has 106 valence electrons. The fourth-order valence-corrected chi connectivity index (χ4v) is 1.79. The highest BCUT2D eigenvalue weighted by molar-refractivity contribution is 5.33. The van der Waals surface area contributed by atoms with E-state index in [1.807, 2.05) is 13.0 Å². The van der Waals surface area contributed by atoms with E-state index >= 15 is 0 Å². The van der Waals surface area contributed by atoms with Gasteiger partial charge in [0, 0.05) is 30.4 Å². The Morgan fingerprint density at radius 2 is 2.10 bits per heavy atom. The molecule has 4 heteroatoms. The molecule has 0 aliphatic heterocycles. The van der Waals surface area contributed by atoms with Crippen LogP contribution in [0.3, 0.4) is 0 Å². The first-order valence-electron chi connectivity index (χ1n) is 6.67. The monoisotopic (exact) mass is 274 g/mol. The number of ether oxygens (including phenoxy) is 1. The largest absolute Gasteiger partial charge is 0.439 e. The molecule has 0 unspecified atom stereocenters. The maximum absolute atomic E-state index is 13.1. The molecule has 0 amide bonds. The number of aromatic nitrogens is 1. The fraction of sp³-hybridized carbons (Fsp3) is 0.312. The maximum atomic E-state index is 13.1. The van der Waals surface area contributed by atoms with E-state index in [-0.39, 0.29) is 5.82 Å². The Kier molecular flexibility index (Phi) is 4.69. The van der Waals surface area contributed by atoms with Crippen molar-refractivity contribution in [1.29, 1.82) is 0 Å². The minimum absolute atomic E-state index is 0.321. The zero-order valence-corrected chi connectivity index (χ0v) is 12.0. The highest BCUT2D eigenvalue weighted by Gasteiger charge is 2.06. The summed E-state index contributed by atoms with van der Waals surface area (Å²) >= 11 is 0. The molecule has 2 rings (SSSR count). The quantitative estimate of drug-likeness (QED) is 0.900. The number of pyridine rings is 1. The zero-order valence-electron chi connectivity index (χ0n) is 12.0. The number of nitrogens with one attached hydrogen (secondary N) is 1. The van der Waals surface area contributed by atoms with Crippen molar-refractivity contribution in [3.63, 3.8) is 0 Å². The Labute approximate surface area is 118 Å². The van der Waals surface area contributed by atoms with Crippen molar-refractivity contribution in [2.24, 2.45) is 0 Å². The molecule has 1 aromatic heterocycles. The molecule has 0 spiro atoms. The number of nitrogens with zero attached hydrogens (tertiary/aromatic N) is 1. The van der Waals surface area contributed by atoms with E-state index in [9.17, 15) is 4.39 Å². The topological polar surface area (TPSA) is 34.2 Å². The number of halogens is 1. The number of benzene rings is 1. The van der Waals surface area contributed by atoms with Crippen molar-refractivity contribution in [2.75, 3.05) is 0 Å². The molecule has 0 radical (unpaired) electrons. The third kappa shape index (κ3) is 4.03. The summed E-state index contributed by atoms with van der Waals surface area (Å²) in [6.07, 6.45) is 1.77. The molecular weight excluding hydrogens is 255 g/mol. The van der Waals surface area contributed by atoms with Gasteiger partial charge in [0.05, 0.1) is 0 Å². The molecule has 20 heavy (non-hydrogen) atoms. The van der Waals surface area contributed by atoms with Gasteiger partial charge in [0.25, 0.3) is 0 Å². The van der Waals surface area contributed by atoms with Crippen LogP contribution in [0.4, 0.5) is 4.39 Å². The van der Waals surface area contributed by atoms with Crippen LogP contribution in [0.25, 0.3) is 0 Å². The van der Waals surface area contributed by atoms with Gasteiger partial charge in [0.15, 0.2) is 0 Å². The lowest BCUT2D eigenvalue weighted by molar-refractivity contribution is 0.453. The van der Waals surface area contributed by atoms with Crippen molar-refractivity contribution >= 4 is 0 Å². The average Bonchev–Trinajstić information content (AvgIpc) is 2.39. The Balaban J connectivity index is 2.09. The molecule has 2 aromatic rings. The summed E-state index contributed by atoms with van der Waals surface area (Å²) in [5, 5.41) is 3.34. The van der Waals surface area contributed by atoms with Crippen molar-refractivity contribution < 1.29 is 9.13 Å². The highest BCUT2D eigenvalue weighted by Crippen LogP contribution is 2.23. The van der Waals surface area contributed by atoms with E-state index in [0.29, 0.717) is 17.7 Å². The summed E-state index contributed by atoms with van der Waals surface area (Å²) in [6.45, 7) is 6.90. The lowest BCUT2D eigenvalue weighted by Gasteiger charge is -2.11. The number of hydrogen-bond acceptors (Lipinski definition) is 3. The predicted octanol–water partition coefficient (Wildman–Crippen LogP) is 3.82.